The van der Waals surface area contributed by atoms with E-state index in [1.807, 2.05) is 6.92 Å². The van der Waals surface area contributed by atoms with E-state index in [2.05, 4.69) is 15.5 Å². The molecule has 3 rings (SSSR count). The lowest BCUT2D eigenvalue weighted by molar-refractivity contribution is -0.383. The summed E-state index contributed by atoms with van der Waals surface area (Å²) < 4.78 is 45.7. The number of aromatic nitrogens is 3. The summed E-state index contributed by atoms with van der Waals surface area (Å²) in [6.45, 7) is 2.13. The molecule has 0 spiro atoms. The maximum atomic E-state index is 12.9. The molecule has 0 radical (unpaired) electrons. The minimum atomic E-state index is -4.48. The van der Waals surface area contributed by atoms with Gasteiger partial charge in [-0.15, -0.1) is 10.2 Å². The minimum Gasteiger partial charge on any atom is -0.486 e. The van der Waals surface area contributed by atoms with Crippen molar-refractivity contribution in [3.05, 3.63) is 70.0 Å². The fraction of sp³-hybridized carbons (Fsp3) is 0.250. The number of thioether (sulfide) groups is 1. The fourth-order valence-corrected chi connectivity index (χ4v) is 3.64. The highest BCUT2D eigenvalue weighted by Crippen LogP contribution is 2.31. The lowest BCUT2D eigenvalue weighted by Crippen LogP contribution is -2.15. The Balaban J connectivity index is 1.62. The van der Waals surface area contributed by atoms with Crippen LogP contribution in [0.15, 0.2) is 53.7 Å². The molecule has 13 heteroatoms. The second-order valence-corrected chi connectivity index (χ2v) is 7.51. The van der Waals surface area contributed by atoms with Crippen LogP contribution in [0.25, 0.3) is 0 Å². The molecular weight excluding hydrogens is 463 g/mol. The highest BCUT2D eigenvalue weighted by molar-refractivity contribution is 7.99. The number of rotatable bonds is 9. The third-order valence-corrected chi connectivity index (χ3v) is 5.31. The highest BCUT2D eigenvalue weighted by Gasteiger charge is 2.30. The number of amides is 1. The minimum absolute atomic E-state index is 0.0357. The van der Waals surface area contributed by atoms with E-state index >= 15 is 0 Å². The Morgan fingerprint density at radius 2 is 1.97 bits per heavy atom. The van der Waals surface area contributed by atoms with Gasteiger partial charge < -0.3 is 14.6 Å². The first-order valence-corrected chi connectivity index (χ1v) is 10.6. The molecule has 0 aliphatic heterocycles. The van der Waals surface area contributed by atoms with Gasteiger partial charge in [0.25, 0.3) is 5.69 Å². The molecule has 0 unspecified atom stereocenters. The maximum absolute atomic E-state index is 12.9. The fourth-order valence-electron chi connectivity index (χ4n) is 2.82. The monoisotopic (exact) mass is 481 g/mol. The van der Waals surface area contributed by atoms with Crippen LogP contribution in [0.3, 0.4) is 0 Å². The SMILES string of the molecule is CCn1c(COc2cccc(C(F)(F)F)c2)nnc1SCC(=O)Nc1ccccc1[N+](=O)[O-]. The average Bonchev–Trinajstić information content (AvgIpc) is 3.18. The normalized spacial score (nSPS) is 11.3. The molecule has 0 bridgehead atoms. The van der Waals surface area contributed by atoms with E-state index < -0.39 is 22.6 Å². The Labute approximate surface area is 190 Å². The van der Waals surface area contributed by atoms with Crippen LogP contribution in [0, 0.1) is 10.1 Å². The largest absolute Gasteiger partial charge is 0.486 e. The van der Waals surface area contributed by atoms with Gasteiger partial charge in [-0.2, -0.15) is 13.2 Å². The van der Waals surface area contributed by atoms with Crippen molar-refractivity contribution in [2.45, 2.75) is 31.4 Å². The Morgan fingerprint density at radius 3 is 2.67 bits per heavy atom. The topological polar surface area (TPSA) is 112 Å². The Hall–Kier alpha value is -3.61. The number of carbonyl (C=O) groups is 1. The van der Waals surface area contributed by atoms with E-state index in [1.165, 1.54) is 30.3 Å². The van der Waals surface area contributed by atoms with Crippen LogP contribution < -0.4 is 10.1 Å². The number of anilines is 1. The van der Waals surface area contributed by atoms with E-state index in [0.717, 1.165) is 23.9 Å². The van der Waals surface area contributed by atoms with E-state index in [1.54, 1.807) is 10.6 Å². The number of nitro benzene ring substituents is 1. The summed E-state index contributed by atoms with van der Waals surface area (Å²) in [6, 6.07) is 10.3. The number of nitrogens with one attached hydrogen (secondary N) is 1. The van der Waals surface area contributed by atoms with Crippen molar-refractivity contribution in [2.75, 3.05) is 11.1 Å². The molecular formula is C20H18F3N5O4S. The molecule has 1 N–H and O–H groups in total. The van der Waals surface area contributed by atoms with Crippen LogP contribution in [-0.2, 0) is 24.1 Å². The predicted octanol–water partition coefficient (Wildman–Crippen LogP) is 4.53. The van der Waals surface area contributed by atoms with Crippen molar-refractivity contribution in [1.82, 2.24) is 14.8 Å². The number of alkyl halides is 3. The van der Waals surface area contributed by atoms with Crippen molar-refractivity contribution in [3.63, 3.8) is 0 Å². The molecule has 0 atom stereocenters. The van der Waals surface area contributed by atoms with Crippen LogP contribution in [0.4, 0.5) is 24.5 Å². The van der Waals surface area contributed by atoms with Crippen LogP contribution in [0.5, 0.6) is 5.75 Å². The summed E-state index contributed by atoms with van der Waals surface area (Å²) in [4.78, 5) is 22.7. The van der Waals surface area contributed by atoms with Gasteiger partial charge in [-0.25, -0.2) is 0 Å². The van der Waals surface area contributed by atoms with Crippen molar-refractivity contribution >= 4 is 29.0 Å². The van der Waals surface area contributed by atoms with Crippen molar-refractivity contribution in [1.29, 1.82) is 0 Å². The van der Waals surface area contributed by atoms with Gasteiger partial charge in [0.05, 0.1) is 16.2 Å². The van der Waals surface area contributed by atoms with Crippen LogP contribution in [0.1, 0.15) is 18.3 Å². The number of carbonyl (C=O) groups excluding carboxylic acids is 1. The molecule has 3 aromatic rings. The molecule has 9 nitrogen and oxygen atoms in total. The number of hydrogen-bond donors (Lipinski definition) is 1. The Morgan fingerprint density at radius 1 is 1.21 bits per heavy atom. The third kappa shape index (κ3) is 6.22. The van der Waals surface area contributed by atoms with Gasteiger partial charge in [0.15, 0.2) is 11.0 Å². The number of hydrogen-bond acceptors (Lipinski definition) is 7. The molecule has 1 heterocycles. The van der Waals surface area contributed by atoms with Crippen molar-refractivity contribution in [2.24, 2.45) is 0 Å². The summed E-state index contributed by atoms with van der Waals surface area (Å²) in [5.41, 5.74) is -0.959. The molecule has 1 amide bonds. The number of nitro groups is 1. The van der Waals surface area contributed by atoms with Crippen LogP contribution in [0.2, 0.25) is 0 Å². The lowest BCUT2D eigenvalue weighted by Gasteiger charge is -2.11. The second-order valence-electron chi connectivity index (χ2n) is 6.57. The molecule has 2 aromatic carbocycles. The van der Waals surface area contributed by atoms with E-state index in [0.29, 0.717) is 17.5 Å². The summed E-state index contributed by atoms with van der Waals surface area (Å²) in [5, 5.41) is 22.0. The van der Waals surface area contributed by atoms with Gasteiger partial charge in [-0.3, -0.25) is 14.9 Å². The van der Waals surface area contributed by atoms with Crippen molar-refractivity contribution in [3.8, 4) is 5.75 Å². The zero-order valence-electron chi connectivity index (χ0n) is 17.2. The first kappa shape index (κ1) is 24.0. The van der Waals surface area contributed by atoms with E-state index in [-0.39, 0.29) is 29.5 Å². The number of para-hydroxylation sites is 2. The smallest absolute Gasteiger partial charge is 0.416 e. The standard InChI is InChI=1S/C20H18F3N5O4S/c1-2-27-17(11-32-14-7-5-6-13(10-14)20(21,22)23)25-26-19(27)33-12-18(29)24-15-8-3-4-9-16(15)28(30)31/h3-10H,2,11-12H2,1H3,(H,24,29). The Bertz CT molecular complexity index is 1150. The Kier molecular flexibility index (Phi) is 7.53. The molecule has 0 saturated carbocycles. The van der Waals surface area contributed by atoms with Gasteiger partial charge in [0.1, 0.15) is 18.0 Å². The molecule has 0 saturated heterocycles. The number of benzene rings is 2. The van der Waals surface area contributed by atoms with Gasteiger partial charge in [-0.1, -0.05) is 30.0 Å². The van der Waals surface area contributed by atoms with Crippen LogP contribution in [-0.4, -0.2) is 31.3 Å². The summed E-state index contributed by atoms with van der Waals surface area (Å²) in [7, 11) is 0. The van der Waals surface area contributed by atoms with E-state index in [9.17, 15) is 28.1 Å². The zero-order chi connectivity index (χ0) is 24.0. The molecule has 0 aliphatic rings. The van der Waals surface area contributed by atoms with Gasteiger partial charge in [-0.05, 0) is 31.2 Å². The zero-order valence-corrected chi connectivity index (χ0v) is 18.0. The number of nitrogens with zero attached hydrogens (tertiary/aromatic N) is 4. The average molecular weight is 481 g/mol. The second kappa shape index (κ2) is 10.3. The number of halogens is 3. The molecule has 33 heavy (non-hydrogen) atoms. The maximum Gasteiger partial charge on any atom is 0.416 e. The molecule has 1 aromatic heterocycles. The predicted molar refractivity (Wildman–Crippen MR) is 114 cm³/mol. The highest BCUT2D eigenvalue weighted by atomic mass is 32.2. The molecule has 174 valence electrons. The quantitative estimate of drug-likeness (QED) is 0.271. The first-order valence-electron chi connectivity index (χ1n) is 9.57. The molecule has 0 fully saturated rings. The lowest BCUT2D eigenvalue weighted by atomic mass is 10.2. The summed E-state index contributed by atoms with van der Waals surface area (Å²) in [6.07, 6.45) is -4.48. The summed E-state index contributed by atoms with van der Waals surface area (Å²) >= 11 is 1.06. The van der Waals surface area contributed by atoms with Gasteiger partial charge >= 0.3 is 6.18 Å². The van der Waals surface area contributed by atoms with Crippen molar-refractivity contribution < 1.29 is 27.6 Å². The van der Waals surface area contributed by atoms with Crippen LogP contribution >= 0.6 is 11.8 Å². The number of ether oxygens (including phenoxy) is 1. The first-order chi connectivity index (χ1) is 15.7. The van der Waals surface area contributed by atoms with Gasteiger partial charge in [0.2, 0.25) is 5.91 Å². The van der Waals surface area contributed by atoms with E-state index in [4.69, 9.17) is 4.74 Å². The van der Waals surface area contributed by atoms with Gasteiger partial charge in [0, 0.05) is 12.6 Å². The molecule has 0 aliphatic carbocycles. The third-order valence-electron chi connectivity index (χ3n) is 4.35. The summed E-state index contributed by atoms with van der Waals surface area (Å²) in [5.74, 6) is -0.148.